The third kappa shape index (κ3) is 3.48. The number of nitrogens with zero attached hydrogens (tertiary/aromatic N) is 4. The maximum Gasteiger partial charge on any atom is 0.291 e. The lowest BCUT2D eigenvalue weighted by molar-refractivity contribution is -0.113. The number of anilines is 3. The van der Waals surface area contributed by atoms with Crippen LogP contribution in [0.5, 0.6) is 0 Å². The first-order chi connectivity index (χ1) is 13.3. The first kappa shape index (κ1) is 17.1. The SMILES string of the molecule is O=CC1CCN(c2ccc(N3C(=O)C=NNN3c3ccccc3)cc2)CC1. The molecule has 2 aromatic rings. The van der Waals surface area contributed by atoms with Gasteiger partial charge in [-0.25, -0.2) is 0 Å². The smallest absolute Gasteiger partial charge is 0.291 e. The van der Waals surface area contributed by atoms with E-state index in [0.717, 1.165) is 49.3 Å². The predicted molar refractivity (Wildman–Crippen MR) is 105 cm³/mol. The molecule has 1 saturated heterocycles. The van der Waals surface area contributed by atoms with Gasteiger partial charge in [-0.3, -0.25) is 4.79 Å². The lowest BCUT2D eigenvalue weighted by atomic mass is 9.98. The fourth-order valence-corrected chi connectivity index (χ4v) is 3.42. The standard InChI is InChI=1S/C20H21N5O2/c26-15-16-10-12-23(13-11-16)17-6-8-18(9-7-17)24-20(27)14-21-22-25(24)19-4-2-1-3-5-19/h1-9,14-16,22H,10-13H2. The number of hydrogen-bond donors (Lipinski definition) is 1. The minimum absolute atomic E-state index is 0.177. The van der Waals surface area contributed by atoms with Crippen molar-refractivity contribution >= 4 is 35.5 Å². The average molecular weight is 363 g/mol. The number of benzene rings is 2. The van der Waals surface area contributed by atoms with E-state index in [1.807, 2.05) is 54.6 Å². The summed E-state index contributed by atoms with van der Waals surface area (Å²) in [5.74, 6) is -0.0477. The lowest BCUT2D eigenvalue weighted by Gasteiger charge is -2.37. The van der Waals surface area contributed by atoms with Crippen molar-refractivity contribution in [3.8, 4) is 0 Å². The van der Waals surface area contributed by atoms with Gasteiger partial charge in [0.25, 0.3) is 5.91 Å². The highest BCUT2D eigenvalue weighted by Crippen LogP contribution is 2.27. The van der Waals surface area contributed by atoms with Crippen molar-refractivity contribution in [2.75, 3.05) is 28.1 Å². The molecule has 0 bridgehead atoms. The number of hydrogen-bond acceptors (Lipinski definition) is 6. The molecule has 0 unspecified atom stereocenters. The molecule has 1 amide bonds. The summed E-state index contributed by atoms with van der Waals surface area (Å²) in [5.41, 5.74) is 5.52. The van der Waals surface area contributed by atoms with E-state index in [4.69, 9.17) is 0 Å². The fourth-order valence-electron chi connectivity index (χ4n) is 3.42. The molecule has 2 aliphatic rings. The largest absolute Gasteiger partial charge is 0.371 e. The summed E-state index contributed by atoms with van der Waals surface area (Å²) < 4.78 is 0. The molecule has 0 radical (unpaired) electrons. The molecule has 4 rings (SSSR count). The molecule has 27 heavy (non-hydrogen) atoms. The number of hydrazine groups is 2. The van der Waals surface area contributed by atoms with E-state index in [1.165, 1.54) is 6.21 Å². The van der Waals surface area contributed by atoms with Crippen molar-refractivity contribution in [2.45, 2.75) is 12.8 Å². The minimum Gasteiger partial charge on any atom is -0.371 e. The van der Waals surface area contributed by atoms with Gasteiger partial charge in [0.15, 0.2) is 0 Å². The van der Waals surface area contributed by atoms with Gasteiger partial charge in [-0.2, -0.15) is 20.8 Å². The topological polar surface area (TPSA) is 68.2 Å². The summed E-state index contributed by atoms with van der Waals surface area (Å²) in [7, 11) is 0. The number of amides is 1. The lowest BCUT2D eigenvalue weighted by Crippen LogP contribution is -2.56. The van der Waals surface area contributed by atoms with Gasteiger partial charge in [0.05, 0.1) is 11.4 Å². The first-order valence-electron chi connectivity index (χ1n) is 9.04. The molecular formula is C20H21N5O2. The van der Waals surface area contributed by atoms with E-state index >= 15 is 0 Å². The van der Waals surface area contributed by atoms with Crippen LogP contribution < -0.4 is 20.6 Å². The van der Waals surface area contributed by atoms with Crippen molar-refractivity contribution in [2.24, 2.45) is 11.0 Å². The number of carbonyl (C=O) groups excluding carboxylic acids is 2. The summed E-state index contributed by atoms with van der Waals surface area (Å²) in [6.07, 6.45) is 4.10. The zero-order valence-electron chi connectivity index (χ0n) is 14.9. The van der Waals surface area contributed by atoms with Crippen molar-refractivity contribution < 1.29 is 9.59 Å². The Hall–Kier alpha value is -3.35. The van der Waals surface area contributed by atoms with Crippen LogP contribution in [-0.2, 0) is 9.59 Å². The highest BCUT2D eigenvalue weighted by Gasteiger charge is 2.26. The van der Waals surface area contributed by atoms with Crippen LogP contribution in [0.4, 0.5) is 17.1 Å². The van der Waals surface area contributed by atoms with E-state index in [9.17, 15) is 9.59 Å². The normalized spacial score (nSPS) is 17.8. The van der Waals surface area contributed by atoms with Crippen molar-refractivity contribution in [1.82, 2.24) is 5.53 Å². The number of para-hydroxylation sites is 1. The number of nitrogens with one attached hydrogen (secondary N) is 1. The molecular weight excluding hydrogens is 342 g/mol. The van der Waals surface area contributed by atoms with Gasteiger partial charge in [0.2, 0.25) is 0 Å². The molecule has 138 valence electrons. The maximum atomic E-state index is 12.5. The van der Waals surface area contributed by atoms with E-state index in [1.54, 1.807) is 10.1 Å². The summed E-state index contributed by atoms with van der Waals surface area (Å²) in [5, 5.41) is 7.09. The van der Waals surface area contributed by atoms with Crippen LogP contribution in [0.25, 0.3) is 0 Å². The Morgan fingerprint density at radius 3 is 2.26 bits per heavy atom. The second-order valence-corrected chi connectivity index (χ2v) is 6.63. The fraction of sp³-hybridized carbons (Fsp3) is 0.250. The van der Waals surface area contributed by atoms with Crippen LogP contribution in [0.15, 0.2) is 59.7 Å². The third-order valence-electron chi connectivity index (χ3n) is 4.93. The third-order valence-corrected chi connectivity index (χ3v) is 4.93. The number of carbonyl (C=O) groups is 2. The Bertz CT molecular complexity index is 829. The Balaban J connectivity index is 1.55. The summed E-state index contributed by atoms with van der Waals surface area (Å²) in [6.45, 7) is 1.74. The summed E-state index contributed by atoms with van der Waals surface area (Å²) in [6, 6.07) is 17.4. The zero-order valence-corrected chi connectivity index (χ0v) is 14.9. The molecule has 0 spiro atoms. The van der Waals surface area contributed by atoms with Gasteiger partial charge < -0.3 is 9.69 Å². The monoisotopic (exact) mass is 363 g/mol. The van der Waals surface area contributed by atoms with Crippen molar-refractivity contribution in [3.05, 3.63) is 54.6 Å². The van der Waals surface area contributed by atoms with Gasteiger partial charge in [-0.15, -0.1) is 0 Å². The van der Waals surface area contributed by atoms with Gasteiger partial charge in [0, 0.05) is 24.7 Å². The maximum absolute atomic E-state index is 12.5. The van der Waals surface area contributed by atoms with Gasteiger partial charge in [-0.05, 0) is 49.2 Å². The highest BCUT2D eigenvalue weighted by molar-refractivity contribution is 6.33. The molecule has 0 aromatic heterocycles. The second-order valence-electron chi connectivity index (χ2n) is 6.63. The van der Waals surface area contributed by atoms with Gasteiger partial charge in [-0.1, -0.05) is 18.2 Å². The Morgan fingerprint density at radius 1 is 0.926 bits per heavy atom. The summed E-state index contributed by atoms with van der Waals surface area (Å²) >= 11 is 0. The molecule has 7 heteroatoms. The minimum atomic E-state index is -0.225. The van der Waals surface area contributed by atoms with Crippen LogP contribution in [0.1, 0.15) is 12.8 Å². The zero-order chi connectivity index (χ0) is 18.6. The number of piperidine rings is 1. The molecule has 0 saturated carbocycles. The Morgan fingerprint density at radius 2 is 1.59 bits per heavy atom. The molecule has 2 aromatic carbocycles. The van der Waals surface area contributed by atoms with E-state index in [2.05, 4.69) is 15.5 Å². The molecule has 0 aliphatic carbocycles. The number of hydrazone groups is 1. The molecule has 1 fully saturated rings. The van der Waals surface area contributed by atoms with Crippen LogP contribution in [0, 0.1) is 5.92 Å². The Kier molecular flexibility index (Phi) is 4.74. The molecule has 7 nitrogen and oxygen atoms in total. The highest BCUT2D eigenvalue weighted by atomic mass is 16.2. The van der Waals surface area contributed by atoms with E-state index < -0.39 is 0 Å². The van der Waals surface area contributed by atoms with Crippen molar-refractivity contribution in [1.29, 1.82) is 0 Å². The number of rotatable bonds is 4. The van der Waals surface area contributed by atoms with Crippen LogP contribution in [0.3, 0.4) is 0 Å². The predicted octanol–water partition coefficient (Wildman–Crippen LogP) is 2.36. The number of aldehydes is 1. The van der Waals surface area contributed by atoms with Gasteiger partial charge >= 0.3 is 0 Å². The van der Waals surface area contributed by atoms with Crippen LogP contribution in [-0.4, -0.2) is 31.5 Å². The molecule has 0 atom stereocenters. The molecule has 1 N–H and O–H groups in total. The van der Waals surface area contributed by atoms with E-state index in [0.29, 0.717) is 0 Å². The summed E-state index contributed by atoms with van der Waals surface area (Å²) in [4.78, 5) is 25.7. The van der Waals surface area contributed by atoms with Crippen LogP contribution in [0.2, 0.25) is 0 Å². The van der Waals surface area contributed by atoms with E-state index in [-0.39, 0.29) is 11.8 Å². The second kappa shape index (κ2) is 7.49. The first-order valence-corrected chi connectivity index (χ1v) is 9.04. The quantitative estimate of drug-likeness (QED) is 0.845. The Labute approximate surface area is 157 Å². The van der Waals surface area contributed by atoms with Crippen LogP contribution >= 0.6 is 0 Å². The average Bonchev–Trinajstić information content (AvgIpc) is 2.74. The van der Waals surface area contributed by atoms with Crippen molar-refractivity contribution in [3.63, 3.8) is 0 Å². The molecule has 2 aliphatic heterocycles. The molecule has 2 heterocycles. The van der Waals surface area contributed by atoms with Gasteiger partial charge in [0.1, 0.15) is 12.5 Å².